The lowest BCUT2D eigenvalue weighted by molar-refractivity contribution is -0.138. The monoisotopic (exact) mass is 362 g/mol. The third-order valence-corrected chi connectivity index (χ3v) is 5.30. The van der Waals surface area contributed by atoms with Crippen molar-refractivity contribution in [3.63, 3.8) is 0 Å². The van der Waals surface area contributed by atoms with Crippen LogP contribution in [0.3, 0.4) is 0 Å². The molecule has 2 fully saturated rings. The molecule has 3 heterocycles. The molecule has 8 nitrogen and oxygen atoms in total. The molecule has 0 aromatic carbocycles. The molecule has 2 aliphatic rings. The van der Waals surface area contributed by atoms with E-state index in [9.17, 15) is 14.4 Å². The van der Waals surface area contributed by atoms with E-state index in [-0.39, 0.29) is 17.4 Å². The van der Waals surface area contributed by atoms with Crippen LogP contribution in [-0.4, -0.2) is 64.6 Å². The number of carbonyl (C=O) groups excluding carboxylic acids is 2. The number of aromatic amines is 1. The molecule has 0 saturated carbocycles. The molecule has 26 heavy (non-hydrogen) atoms. The van der Waals surface area contributed by atoms with Crippen LogP contribution in [0.1, 0.15) is 49.5 Å². The van der Waals surface area contributed by atoms with Crippen LogP contribution < -0.4 is 5.56 Å². The molecule has 2 amide bonds. The number of rotatable bonds is 2. The maximum Gasteiger partial charge on any atom is 0.410 e. The Bertz CT molecular complexity index is 724. The number of aromatic nitrogens is 2. The van der Waals surface area contributed by atoms with Gasteiger partial charge < -0.3 is 14.6 Å². The smallest absolute Gasteiger partial charge is 0.410 e. The van der Waals surface area contributed by atoms with Crippen molar-refractivity contribution in [1.29, 1.82) is 0 Å². The Morgan fingerprint density at radius 2 is 1.92 bits per heavy atom. The Labute approximate surface area is 152 Å². The van der Waals surface area contributed by atoms with E-state index in [2.05, 4.69) is 9.97 Å². The maximum absolute atomic E-state index is 12.9. The van der Waals surface area contributed by atoms with Crippen molar-refractivity contribution in [2.75, 3.05) is 26.7 Å². The molecule has 3 rings (SSSR count). The van der Waals surface area contributed by atoms with Gasteiger partial charge >= 0.3 is 6.09 Å². The third kappa shape index (κ3) is 3.89. The molecule has 2 saturated heterocycles. The van der Waals surface area contributed by atoms with Crippen LogP contribution in [0, 0.1) is 6.92 Å². The average Bonchev–Trinajstić information content (AvgIpc) is 2.66. The number of nitrogens with one attached hydrogen (secondary N) is 1. The summed E-state index contributed by atoms with van der Waals surface area (Å²) in [5, 5.41) is 0. The van der Waals surface area contributed by atoms with Crippen molar-refractivity contribution in [2.24, 2.45) is 0 Å². The van der Waals surface area contributed by atoms with Crippen molar-refractivity contribution < 1.29 is 14.3 Å². The van der Waals surface area contributed by atoms with Crippen LogP contribution in [0.4, 0.5) is 4.79 Å². The van der Waals surface area contributed by atoms with Gasteiger partial charge in [0.25, 0.3) is 5.56 Å². The number of methoxy groups -OCH3 is 1. The van der Waals surface area contributed by atoms with Gasteiger partial charge in [0, 0.05) is 31.6 Å². The van der Waals surface area contributed by atoms with Gasteiger partial charge in [-0.05, 0) is 39.0 Å². The van der Waals surface area contributed by atoms with E-state index < -0.39 is 12.1 Å². The molecule has 0 spiro atoms. The van der Waals surface area contributed by atoms with Gasteiger partial charge in [-0.15, -0.1) is 0 Å². The van der Waals surface area contributed by atoms with E-state index in [1.54, 1.807) is 17.9 Å². The zero-order valence-corrected chi connectivity index (χ0v) is 15.4. The minimum atomic E-state index is -0.430. The van der Waals surface area contributed by atoms with Crippen LogP contribution in [0.25, 0.3) is 0 Å². The molecule has 142 valence electrons. The second kappa shape index (κ2) is 7.88. The number of ether oxygens (including phenoxy) is 1. The molecule has 0 unspecified atom stereocenters. The number of hydrogen-bond acceptors (Lipinski definition) is 5. The van der Waals surface area contributed by atoms with Gasteiger partial charge in [0.1, 0.15) is 11.9 Å². The number of hydrogen-bond donors (Lipinski definition) is 1. The minimum absolute atomic E-state index is 0.00333. The molecule has 1 aromatic heterocycles. The van der Waals surface area contributed by atoms with Gasteiger partial charge in [-0.3, -0.25) is 14.5 Å². The maximum atomic E-state index is 12.9. The summed E-state index contributed by atoms with van der Waals surface area (Å²) in [5.74, 6) is 0.800. The second-order valence-electron chi connectivity index (χ2n) is 7.03. The predicted molar refractivity (Wildman–Crippen MR) is 94.9 cm³/mol. The highest BCUT2D eigenvalue weighted by Gasteiger charge is 2.36. The topological polar surface area (TPSA) is 95.6 Å². The standard InChI is InChI=1S/C18H26N4O4/c1-12-19-14(11-16(23)20-12)13-6-9-21(10-7-13)17(24)15-5-3-4-8-22(15)18(25)26-2/h11,13,15H,3-10H2,1-2H3,(H,19,20,23)/t15-/m1/s1. The second-order valence-corrected chi connectivity index (χ2v) is 7.03. The fraction of sp³-hybridized carbons (Fsp3) is 0.667. The summed E-state index contributed by atoms with van der Waals surface area (Å²) in [6.07, 6.45) is 3.63. The van der Waals surface area contributed by atoms with Gasteiger partial charge in [0.2, 0.25) is 5.91 Å². The number of piperidine rings is 2. The van der Waals surface area contributed by atoms with Crippen LogP contribution in [0.5, 0.6) is 0 Å². The lowest BCUT2D eigenvalue weighted by Crippen LogP contribution is -2.54. The summed E-state index contributed by atoms with van der Waals surface area (Å²) in [5.41, 5.74) is 0.661. The van der Waals surface area contributed by atoms with Crippen molar-refractivity contribution >= 4 is 12.0 Å². The molecular weight excluding hydrogens is 336 g/mol. The Morgan fingerprint density at radius 1 is 1.19 bits per heavy atom. The summed E-state index contributed by atoms with van der Waals surface area (Å²) in [6.45, 7) is 3.56. The van der Waals surface area contributed by atoms with Crippen molar-refractivity contribution in [1.82, 2.24) is 19.8 Å². The third-order valence-electron chi connectivity index (χ3n) is 5.30. The number of H-pyrrole nitrogens is 1. The lowest BCUT2D eigenvalue weighted by atomic mass is 9.92. The first-order chi connectivity index (χ1) is 12.5. The van der Waals surface area contributed by atoms with Gasteiger partial charge in [-0.1, -0.05) is 0 Å². The fourth-order valence-electron chi connectivity index (χ4n) is 3.94. The van der Waals surface area contributed by atoms with Crippen molar-refractivity contribution in [3.8, 4) is 0 Å². The van der Waals surface area contributed by atoms with Crippen molar-refractivity contribution in [2.45, 2.75) is 51.0 Å². The average molecular weight is 362 g/mol. The molecule has 0 aliphatic carbocycles. The normalized spacial score (nSPS) is 21.5. The van der Waals surface area contributed by atoms with Crippen LogP contribution in [0.2, 0.25) is 0 Å². The highest BCUT2D eigenvalue weighted by molar-refractivity contribution is 5.86. The zero-order valence-electron chi connectivity index (χ0n) is 15.4. The van der Waals surface area contributed by atoms with Gasteiger partial charge in [0.05, 0.1) is 12.8 Å². The van der Waals surface area contributed by atoms with E-state index in [1.165, 1.54) is 7.11 Å². The summed E-state index contributed by atoms with van der Waals surface area (Å²) >= 11 is 0. The molecule has 1 atom stereocenters. The first-order valence-electron chi connectivity index (χ1n) is 9.21. The Hall–Kier alpha value is -2.38. The van der Waals surface area contributed by atoms with E-state index in [4.69, 9.17) is 4.74 Å². The number of carbonyl (C=O) groups is 2. The first-order valence-corrected chi connectivity index (χ1v) is 9.21. The van der Waals surface area contributed by atoms with E-state index in [0.717, 1.165) is 31.4 Å². The van der Waals surface area contributed by atoms with Gasteiger partial charge in [0.15, 0.2) is 0 Å². The Morgan fingerprint density at radius 3 is 2.58 bits per heavy atom. The molecule has 1 N–H and O–H groups in total. The molecular formula is C18H26N4O4. The number of nitrogens with zero attached hydrogens (tertiary/aromatic N) is 3. The predicted octanol–water partition coefficient (Wildman–Crippen LogP) is 1.41. The highest BCUT2D eigenvalue weighted by Crippen LogP contribution is 2.28. The fourth-order valence-corrected chi connectivity index (χ4v) is 3.94. The van der Waals surface area contributed by atoms with Crippen molar-refractivity contribution in [3.05, 3.63) is 27.9 Å². The van der Waals surface area contributed by atoms with E-state index in [0.29, 0.717) is 31.9 Å². The SMILES string of the molecule is COC(=O)N1CCCC[C@@H]1C(=O)N1CCC(c2cc(=O)[nH]c(C)n2)CC1. The lowest BCUT2D eigenvalue weighted by Gasteiger charge is -2.39. The quantitative estimate of drug-likeness (QED) is 0.858. The summed E-state index contributed by atoms with van der Waals surface area (Å²) in [7, 11) is 1.35. The summed E-state index contributed by atoms with van der Waals surface area (Å²) in [4.78, 5) is 47.0. The highest BCUT2D eigenvalue weighted by atomic mass is 16.5. The first kappa shape index (κ1) is 18.4. The zero-order chi connectivity index (χ0) is 18.7. The summed E-state index contributed by atoms with van der Waals surface area (Å²) in [6, 6.07) is 1.13. The molecule has 8 heteroatoms. The van der Waals surface area contributed by atoms with Gasteiger partial charge in [-0.25, -0.2) is 9.78 Å². The van der Waals surface area contributed by atoms with Crippen LogP contribution >= 0.6 is 0 Å². The Kier molecular flexibility index (Phi) is 5.58. The number of likely N-dealkylation sites (tertiary alicyclic amines) is 2. The van der Waals surface area contributed by atoms with E-state index >= 15 is 0 Å². The molecule has 0 bridgehead atoms. The van der Waals surface area contributed by atoms with Crippen LogP contribution in [0.15, 0.2) is 10.9 Å². The number of aryl methyl sites for hydroxylation is 1. The molecule has 2 aliphatic heterocycles. The summed E-state index contributed by atoms with van der Waals surface area (Å²) < 4.78 is 4.83. The Balaban J connectivity index is 1.64. The van der Waals surface area contributed by atoms with Crippen LogP contribution in [-0.2, 0) is 9.53 Å². The molecule has 1 aromatic rings. The number of amides is 2. The largest absolute Gasteiger partial charge is 0.453 e. The minimum Gasteiger partial charge on any atom is -0.453 e. The van der Waals surface area contributed by atoms with E-state index in [1.807, 2.05) is 4.90 Å². The van der Waals surface area contributed by atoms with Gasteiger partial charge in [-0.2, -0.15) is 0 Å². The molecule has 0 radical (unpaired) electrons.